The molecular weight excluding hydrogens is 354 g/mol. The van der Waals surface area contributed by atoms with E-state index in [1.54, 1.807) is 6.07 Å². The van der Waals surface area contributed by atoms with Gasteiger partial charge in [-0.05, 0) is 44.3 Å². The molecule has 1 fully saturated rings. The van der Waals surface area contributed by atoms with Gasteiger partial charge in [-0.3, -0.25) is 10.1 Å². The predicted molar refractivity (Wildman–Crippen MR) is 95.1 cm³/mol. The van der Waals surface area contributed by atoms with Crippen molar-refractivity contribution in [2.75, 3.05) is 26.7 Å². The molecule has 0 atom stereocenters. The number of benzene rings is 1. The summed E-state index contributed by atoms with van der Waals surface area (Å²) in [7, 11) is -1.80. The molecule has 0 saturated carbocycles. The van der Waals surface area contributed by atoms with Crippen LogP contribution in [0.1, 0.15) is 25.3 Å². The highest BCUT2D eigenvalue weighted by atomic mass is 35.5. The summed E-state index contributed by atoms with van der Waals surface area (Å²) in [5.74, 6) is 0.474. The van der Waals surface area contributed by atoms with Gasteiger partial charge in [0.25, 0.3) is 5.69 Å². The fourth-order valence-corrected chi connectivity index (χ4v) is 4.75. The second kappa shape index (κ2) is 8.75. The zero-order valence-corrected chi connectivity index (χ0v) is 15.5. The van der Waals surface area contributed by atoms with Crippen molar-refractivity contribution < 1.29 is 13.3 Å². The first kappa shape index (κ1) is 20.8. The van der Waals surface area contributed by atoms with Crippen LogP contribution in [0, 0.1) is 16.0 Å². The maximum atomic E-state index is 12.9. The summed E-state index contributed by atoms with van der Waals surface area (Å²) in [5.41, 5.74) is 0.429. The highest BCUT2D eigenvalue weighted by Crippen LogP contribution is 2.28. The van der Waals surface area contributed by atoms with Gasteiger partial charge in [0.05, 0.1) is 9.82 Å². The lowest BCUT2D eigenvalue weighted by atomic mass is 9.98. The van der Waals surface area contributed by atoms with Crippen LogP contribution in [-0.4, -0.2) is 44.3 Å². The minimum atomic E-state index is -3.69. The van der Waals surface area contributed by atoms with E-state index in [0.717, 1.165) is 19.4 Å². The molecule has 24 heavy (non-hydrogen) atoms. The van der Waals surface area contributed by atoms with Gasteiger partial charge in [0.15, 0.2) is 0 Å². The molecule has 1 heterocycles. The van der Waals surface area contributed by atoms with Crippen molar-refractivity contribution in [3.05, 3.63) is 33.9 Å². The smallest absolute Gasteiger partial charge is 0.270 e. The SMILES string of the molecule is CCc1ccc([N+](=O)[O-])cc1S(=O)(=O)N1CCC(CNC)CC1.Cl. The summed E-state index contributed by atoms with van der Waals surface area (Å²) < 4.78 is 27.2. The lowest BCUT2D eigenvalue weighted by Crippen LogP contribution is -2.40. The number of nitro benzene ring substituents is 1. The molecular formula is C15H24ClN3O4S. The summed E-state index contributed by atoms with van der Waals surface area (Å²) >= 11 is 0. The molecule has 7 nitrogen and oxygen atoms in total. The zero-order valence-electron chi connectivity index (χ0n) is 13.9. The standard InChI is InChI=1S/C15H23N3O4S.ClH/c1-3-13-4-5-14(18(19)20)10-15(13)23(21,22)17-8-6-12(7-9-17)11-16-2;/h4-5,10,12,16H,3,6-9,11H2,1-2H3;1H. The fraction of sp³-hybridized carbons (Fsp3) is 0.600. The third-order valence-corrected chi connectivity index (χ3v) is 6.31. The van der Waals surface area contributed by atoms with E-state index in [4.69, 9.17) is 0 Å². The molecule has 0 bridgehead atoms. The van der Waals surface area contributed by atoms with E-state index < -0.39 is 14.9 Å². The number of halogens is 1. The number of rotatable bonds is 6. The molecule has 2 rings (SSSR count). The van der Waals surface area contributed by atoms with Crippen molar-refractivity contribution in [2.45, 2.75) is 31.1 Å². The second-order valence-electron chi connectivity index (χ2n) is 5.81. The van der Waals surface area contributed by atoms with Crippen LogP contribution in [0.3, 0.4) is 0 Å². The average Bonchev–Trinajstić information content (AvgIpc) is 2.55. The Morgan fingerprint density at radius 1 is 1.33 bits per heavy atom. The molecule has 136 valence electrons. The van der Waals surface area contributed by atoms with Crippen LogP contribution >= 0.6 is 12.4 Å². The summed E-state index contributed by atoms with van der Waals surface area (Å²) in [6, 6.07) is 4.09. The van der Waals surface area contributed by atoms with Crippen LogP contribution in [-0.2, 0) is 16.4 Å². The van der Waals surface area contributed by atoms with E-state index in [-0.39, 0.29) is 23.0 Å². The lowest BCUT2D eigenvalue weighted by Gasteiger charge is -2.31. The van der Waals surface area contributed by atoms with E-state index in [1.807, 2.05) is 14.0 Å². The molecule has 9 heteroatoms. The molecule has 1 aliphatic heterocycles. The molecule has 1 aromatic rings. The summed E-state index contributed by atoms with van der Waals surface area (Å²) in [5, 5.41) is 14.1. The topological polar surface area (TPSA) is 92.5 Å². The Bertz CT molecular complexity index is 673. The Hall–Kier alpha value is -1.22. The van der Waals surface area contributed by atoms with Gasteiger partial charge in [-0.15, -0.1) is 12.4 Å². The molecule has 1 N–H and O–H groups in total. The Morgan fingerprint density at radius 3 is 2.46 bits per heavy atom. The van der Waals surface area contributed by atoms with Crippen LogP contribution in [0.4, 0.5) is 5.69 Å². The molecule has 0 amide bonds. The van der Waals surface area contributed by atoms with E-state index in [0.29, 0.717) is 31.0 Å². The third-order valence-electron chi connectivity index (χ3n) is 4.33. The Balaban J connectivity index is 0.00000288. The Kier molecular flexibility index (Phi) is 7.59. The fourth-order valence-electron chi connectivity index (χ4n) is 2.97. The number of piperidine rings is 1. The molecule has 0 aromatic heterocycles. The predicted octanol–water partition coefficient (Wildman–Crippen LogP) is 2.20. The van der Waals surface area contributed by atoms with Crippen molar-refractivity contribution in [1.82, 2.24) is 9.62 Å². The minimum Gasteiger partial charge on any atom is -0.319 e. The number of nitrogens with zero attached hydrogens (tertiary/aromatic N) is 2. The van der Waals surface area contributed by atoms with Crippen molar-refractivity contribution in [1.29, 1.82) is 0 Å². The van der Waals surface area contributed by atoms with E-state index in [2.05, 4.69) is 5.32 Å². The lowest BCUT2D eigenvalue weighted by molar-refractivity contribution is -0.385. The summed E-state index contributed by atoms with van der Waals surface area (Å²) in [6.07, 6.45) is 2.12. The second-order valence-corrected chi connectivity index (χ2v) is 7.71. The van der Waals surface area contributed by atoms with Gasteiger partial charge in [-0.1, -0.05) is 13.0 Å². The number of sulfonamides is 1. The molecule has 0 unspecified atom stereocenters. The van der Waals surface area contributed by atoms with Gasteiger partial charge in [0, 0.05) is 25.2 Å². The summed E-state index contributed by atoms with van der Waals surface area (Å²) in [6.45, 7) is 3.64. The van der Waals surface area contributed by atoms with Crippen molar-refractivity contribution >= 4 is 28.1 Å². The molecule has 1 saturated heterocycles. The number of non-ortho nitro benzene ring substituents is 1. The van der Waals surface area contributed by atoms with E-state index >= 15 is 0 Å². The highest BCUT2D eigenvalue weighted by Gasteiger charge is 2.31. The molecule has 1 aromatic carbocycles. The third kappa shape index (κ3) is 4.44. The number of nitro groups is 1. The first-order valence-corrected chi connectivity index (χ1v) is 9.26. The van der Waals surface area contributed by atoms with E-state index in [1.165, 1.54) is 16.4 Å². The van der Waals surface area contributed by atoms with Crippen molar-refractivity contribution in [3.8, 4) is 0 Å². The monoisotopic (exact) mass is 377 g/mol. The van der Waals surface area contributed by atoms with E-state index in [9.17, 15) is 18.5 Å². The van der Waals surface area contributed by atoms with Gasteiger partial charge in [-0.25, -0.2) is 8.42 Å². The number of hydrogen-bond donors (Lipinski definition) is 1. The van der Waals surface area contributed by atoms with Crippen molar-refractivity contribution in [2.24, 2.45) is 5.92 Å². The van der Waals surface area contributed by atoms with Crippen LogP contribution in [0.5, 0.6) is 0 Å². The number of nitrogens with one attached hydrogen (secondary N) is 1. The molecule has 0 spiro atoms. The zero-order chi connectivity index (χ0) is 17.0. The Morgan fingerprint density at radius 2 is 1.96 bits per heavy atom. The number of aryl methyl sites for hydroxylation is 1. The first-order valence-electron chi connectivity index (χ1n) is 7.82. The van der Waals surface area contributed by atoms with Gasteiger partial charge >= 0.3 is 0 Å². The van der Waals surface area contributed by atoms with Crippen molar-refractivity contribution in [3.63, 3.8) is 0 Å². The summed E-state index contributed by atoms with van der Waals surface area (Å²) in [4.78, 5) is 10.5. The van der Waals surface area contributed by atoms with Crippen LogP contribution in [0.15, 0.2) is 23.1 Å². The van der Waals surface area contributed by atoms with Crippen LogP contribution in [0.2, 0.25) is 0 Å². The maximum absolute atomic E-state index is 12.9. The minimum absolute atomic E-state index is 0. The normalized spacial score (nSPS) is 16.6. The Labute approximate surface area is 149 Å². The largest absolute Gasteiger partial charge is 0.319 e. The number of hydrogen-bond acceptors (Lipinski definition) is 5. The van der Waals surface area contributed by atoms with Gasteiger partial charge < -0.3 is 5.32 Å². The van der Waals surface area contributed by atoms with Gasteiger partial charge in [0.1, 0.15) is 0 Å². The average molecular weight is 378 g/mol. The first-order chi connectivity index (χ1) is 10.9. The quantitative estimate of drug-likeness (QED) is 0.606. The molecule has 0 radical (unpaired) electrons. The van der Waals surface area contributed by atoms with Crippen LogP contribution < -0.4 is 5.32 Å². The van der Waals surface area contributed by atoms with Gasteiger partial charge in [-0.2, -0.15) is 4.31 Å². The highest BCUT2D eigenvalue weighted by molar-refractivity contribution is 7.89. The maximum Gasteiger partial charge on any atom is 0.270 e. The molecule has 1 aliphatic rings. The van der Waals surface area contributed by atoms with Crippen LogP contribution in [0.25, 0.3) is 0 Å². The van der Waals surface area contributed by atoms with Gasteiger partial charge in [0.2, 0.25) is 10.0 Å². The molecule has 0 aliphatic carbocycles.